The topological polar surface area (TPSA) is 12.0 Å². The molecule has 3 heteroatoms. The summed E-state index contributed by atoms with van der Waals surface area (Å²) in [6.07, 6.45) is 6.06. The summed E-state index contributed by atoms with van der Waals surface area (Å²) in [6.45, 7) is 5.37. The molecule has 1 aliphatic carbocycles. The van der Waals surface area contributed by atoms with Crippen molar-refractivity contribution in [1.82, 2.24) is 5.32 Å². The van der Waals surface area contributed by atoms with Crippen molar-refractivity contribution in [3.8, 4) is 0 Å². The fraction of sp³-hybridized carbons (Fsp3) is 0.647. The summed E-state index contributed by atoms with van der Waals surface area (Å²) in [5.74, 6) is 1.29. The predicted octanol–water partition coefficient (Wildman–Crippen LogP) is 5.46. The van der Waals surface area contributed by atoms with Gasteiger partial charge in [0.05, 0.1) is 4.47 Å². The number of rotatable bonds is 6. The molecular formula is C17H25BrFN. The molecule has 1 aliphatic rings. The van der Waals surface area contributed by atoms with E-state index >= 15 is 0 Å². The molecule has 3 unspecified atom stereocenters. The fourth-order valence-electron chi connectivity index (χ4n) is 3.38. The van der Waals surface area contributed by atoms with Crippen molar-refractivity contribution in [2.45, 2.75) is 52.0 Å². The highest BCUT2D eigenvalue weighted by Crippen LogP contribution is 2.41. The smallest absolute Gasteiger partial charge is 0.142 e. The molecule has 0 aromatic heterocycles. The first kappa shape index (κ1) is 16.0. The largest absolute Gasteiger partial charge is 0.310 e. The highest BCUT2D eigenvalue weighted by molar-refractivity contribution is 9.10. The molecule has 3 atom stereocenters. The molecule has 0 radical (unpaired) electrons. The van der Waals surface area contributed by atoms with Crippen LogP contribution in [-0.2, 0) is 0 Å². The van der Waals surface area contributed by atoms with Crippen molar-refractivity contribution in [3.05, 3.63) is 34.1 Å². The summed E-state index contributed by atoms with van der Waals surface area (Å²) in [5.41, 5.74) is 0.828. The molecule has 2 rings (SSSR count). The first-order chi connectivity index (χ1) is 9.67. The van der Waals surface area contributed by atoms with E-state index in [0.29, 0.717) is 10.4 Å². The van der Waals surface area contributed by atoms with Gasteiger partial charge in [-0.05, 0) is 59.6 Å². The molecule has 1 N–H and O–H groups in total. The Morgan fingerprint density at radius 3 is 2.80 bits per heavy atom. The molecule has 0 heterocycles. The van der Waals surface area contributed by atoms with Crippen molar-refractivity contribution >= 4 is 15.9 Å². The van der Waals surface area contributed by atoms with Crippen molar-refractivity contribution in [1.29, 1.82) is 0 Å². The summed E-state index contributed by atoms with van der Waals surface area (Å²) in [4.78, 5) is 0. The Kier molecular flexibility index (Phi) is 6.03. The van der Waals surface area contributed by atoms with E-state index in [1.165, 1.54) is 25.7 Å². The zero-order chi connectivity index (χ0) is 14.5. The molecule has 1 fully saturated rings. The highest BCUT2D eigenvalue weighted by Gasteiger charge is 2.32. The second-order valence-electron chi connectivity index (χ2n) is 5.92. The molecule has 1 aromatic rings. The maximum Gasteiger partial charge on any atom is 0.142 e. The van der Waals surface area contributed by atoms with E-state index < -0.39 is 0 Å². The fourth-order valence-corrected chi connectivity index (χ4v) is 3.76. The van der Waals surface area contributed by atoms with E-state index in [9.17, 15) is 4.39 Å². The van der Waals surface area contributed by atoms with E-state index in [4.69, 9.17) is 0 Å². The molecule has 0 spiro atoms. The van der Waals surface area contributed by atoms with Crippen LogP contribution in [0.25, 0.3) is 0 Å². The first-order valence-electron chi connectivity index (χ1n) is 7.84. The summed E-state index contributed by atoms with van der Waals surface area (Å²) in [6, 6.07) is 5.81. The molecular weight excluding hydrogens is 317 g/mol. The molecule has 0 amide bonds. The van der Waals surface area contributed by atoms with E-state index in [1.807, 2.05) is 12.1 Å². The standard InChI is InChI=1S/C17H25BrFN/c1-3-10-20-17(13-9-8-12(4-2)11-13)14-6-5-7-15(18)16(14)19/h5-7,12-13,17,20H,3-4,8-11H2,1-2H3. The lowest BCUT2D eigenvalue weighted by molar-refractivity contribution is 0.344. The highest BCUT2D eigenvalue weighted by atomic mass is 79.9. The van der Waals surface area contributed by atoms with Crippen molar-refractivity contribution in [2.24, 2.45) is 11.8 Å². The Balaban J connectivity index is 2.21. The van der Waals surface area contributed by atoms with E-state index in [0.717, 1.165) is 24.4 Å². The Hall–Kier alpha value is -0.410. The molecule has 1 nitrogen and oxygen atoms in total. The van der Waals surface area contributed by atoms with Crippen LogP contribution in [-0.4, -0.2) is 6.54 Å². The minimum Gasteiger partial charge on any atom is -0.310 e. The average Bonchev–Trinajstić information content (AvgIpc) is 2.92. The van der Waals surface area contributed by atoms with Crippen LogP contribution in [0.2, 0.25) is 0 Å². The number of halogens is 2. The minimum atomic E-state index is -0.0962. The molecule has 1 saturated carbocycles. The summed E-state index contributed by atoms with van der Waals surface area (Å²) < 4.78 is 15.0. The van der Waals surface area contributed by atoms with Crippen LogP contribution < -0.4 is 5.32 Å². The van der Waals surface area contributed by atoms with E-state index in [2.05, 4.69) is 35.1 Å². The molecule has 1 aromatic carbocycles. The number of hydrogen-bond donors (Lipinski definition) is 1. The third kappa shape index (κ3) is 3.62. The molecule has 0 saturated heterocycles. The summed E-state index contributed by atoms with van der Waals surface area (Å²) in [5, 5.41) is 3.58. The molecule has 0 bridgehead atoms. The van der Waals surface area contributed by atoms with Crippen LogP contribution in [0.4, 0.5) is 4.39 Å². The van der Waals surface area contributed by atoms with E-state index in [-0.39, 0.29) is 11.9 Å². The predicted molar refractivity (Wildman–Crippen MR) is 86.3 cm³/mol. The van der Waals surface area contributed by atoms with Crippen LogP contribution in [0.15, 0.2) is 22.7 Å². The SMILES string of the molecule is CCCNC(c1cccc(Br)c1F)C1CCC(CC)C1. The van der Waals surface area contributed by atoms with Gasteiger partial charge in [-0.1, -0.05) is 38.8 Å². The van der Waals surface area contributed by atoms with Gasteiger partial charge in [-0.3, -0.25) is 0 Å². The Bertz CT molecular complexity index is 435. The van der Waals surface area contributed by atoms with Gasteiger partial charge >= 0.3 is 0 Å². The maximum absolute atomic E-state index is 14.4. The molecule has 112 valence electrons. The first-order valence-corrected chi connectivity index (χ1v) is 8.63. The van der Waals surface area contributed by atoms with Gasteiger partial charge in [-0.25, -0.2) is 4.39 Å². The summed E-state index contributed by atoms with van der Waals surface area (Å²) >= 11 is 3.31. The third-order valence-corrected chi connectivity index (χ3v) is 5.17. The maximum atomic E-state index is 14.4. The minimum absolute atomic E-state index is 0.0962. The third-order valence-electron chi connectivity index (χ3n) is 4.56. The van der Waals surface area contributed by atoms with Crippen LogP contribution in [0.1, 0.15) is 57.6 Å². The van der Waals surface area contributed by atoms with Gasteiger partial charge in [0.2, 0.25) is 0 Å². The zero-order valence-corrected chi connectivity index (χ0v) is 14.0. The normalized spacial score (nSPS) is 24.0. The van der Waals surface area contributed by atoms with Gasteiger partial charge < -0.3 is 5.32 Å². The van der Waals surface area contributed by atoms with E-state index in [1.54, 1.807) is 6.07 Å². The van der Waals surface area contributed by atoms with Gasteiger partial charge in [0.1, 0.15) is 5.82 Å². The van der Waals surface area contributed by atoms with Gasteiger partial charge in [0.15, 0.2) is 0 Å². The lowest BCUT2D eigenvalue weighted by Crippen LogP contribution is -2.29. The van der Waals surface area contributed by atoms with Crippen molar-refractivity contribution in [2.75, 3.05) is 6.54 Å². The van der Waals surface area contributed by atoms with Crippen LogP contribution in [0.5, 0.6) is 0 Å². The van der Waals surface area contributed by atoms with Gasteiger partial charge in [0.25, 0.3) is 0 Å². The summed E-state index contributed by atoms with van der Waals surface area (Å²) in [7, 11) is 0. The van der Waals surface area contributed by atoms with Gasteiger partial charge in [-0.15, -0.1) is 0 Å². The van der Waals surface area contributed by atoms with Crippen LogP contribution in [0, 0.1) is 17.7 Å². The second-order valence-corrected chi connectivity index (χ2v) is 6.78. The lowest BCUT2D eigenvalue weighted by Gasteiger charge is -2.26. The van der Waals surface area contributed by atoms with Crippen LogP contribution in [0.3, 0.4) is 0 Å². The van der Waals surface area contributed by atoms with Crippen LogP contribution >= 0.6 is 15.9 Å². The molecule has 0 aliphatic heterocycles. The number of hydrogen-bond acceptors (Lipinski definition) is 1. The van der Waals surface area contributed by atoms with Crippen molar-refractivity contribution < 1.29 is 4.39 Å². The van der Waals surface area contributed by atoms with Gasteiger partial charge in [0, 0.05) is 11.6 Å². The monoisotopic (exact) mass is 341 g/mol. The second kappa shape index (κ2) is 7.56. The number of benzene rings is 1. The zero-order valence-electron chi connectivity index (χ0n) is 12.5. The lowest BCUT2D eigenvalue weighted by atomic mass is 9.90. The average molecular weight is 342 g/mol. The molecule has 20 heavy (non-hydrogen) atoms. The Labute approximate surface area is 130 Å². The van der Waals surface area contributed by atoms with Gasteiger partial charge in [-0.2, -0.15) is 0 Å². The Morgan fingerprint density at radius 1 is 1.35 bits per heavy atom. The van der Waals surface area contributed by atoms with Crippen molar-refractivity contribution in [3.63, 3.8) is 0 Å². The quantitative estimate of drug-likeness (QED) is 0.724. The number of nitrogens with one attached hydrogen (secondary N) is 1. The Morgan fingerprint density at radius 2 is 2.15 bits per heavy atom.